The summed E-state index contributed by atoms with van der Waals surface area (Å²) in [5, 5.41) is 11.4. The van der Waals surface area contributed by atoms with Gasteiger partial charge in [0.25, 0.3) is 0 Å². The molecule has 0 aromatic carbocycles. The van der Waals surface area contributed by atoms with Crippen LogP contribution >= 0.6 is 0 Å². The van der Waals surface area contributed by atoms with E-state index in [0.717, 1.165) is 12.8 Å². The summed E-state index contributed by atoms with van der Waals surface area (Å²) in [6.07, 6.45) is 1.83. The van der Waals surface area contributed by atoms with Crippen LogP contribution in [0.3, 0.4) is 0 Å². The highest BCUT2D eigenvalue weighted by molar-refractivity contribution is 5.81. The molecule has 1 fully saturated rings. The van der Waals surface area contributed by atoms with Gasteiger partial charge in [-0.15, -0.1) is 0 Å². The first kappa shape index (κ1) is 13.0. The maximum atomic E-state index is 11.6. The average Bonchev–Trinajstić information content (AvgIpc) is 2.65. The number of hydrogen-bond acceptors (Lipinski definition) is 3. The summed E-state index contributed by atoms with van der Waals surface area (Å²) < 4.78 is 5.39. The maximum absolute atomic E-state index is 11.6. The van der Waals surface area contributed by atoms with Crippen molar-refractivity contribution in [2.45, 2.75) is 45.3 Å². The molecule has 0 aromatic heterocycles. The molecule has 1 aliphatic rings. The quantitative estimate of drug-likeness (QED) is 0.730. The van der Waals surface area contributed by atoms with E-state index in [-0.39, 0.29) is 18.6 Å². The van der Waals surface area contributed by atoms with Crippen molar-refractivity contribution >= 4 is 11.9 Å². The largest absolute Gasteiger partial charge is 0.481 e. The fraction of sp³-hybridized carbons (Fsp3) is 0.818. The Kier molecular flexibility index (Phi) is 4.73. The van der Waals surface area contributed by atoms with Gasteiger partial charge in [-0.3, -0.25) is 9.59 Å². The molecule has 2 N–H and O–H groups in total. The molecular weight excluding hydrogens is 210 g/mol. The van der Waals surface area contributed by atoms with E-state index in [4.69, 9.17) is 9.84 Å². The molecule has 1 aliphatic heterocycles. The predicted octanol–water partition coefficient (Wildman–Crippen LogP) is 0.781. The van der Waals surface area contributed by atoms with Crippen LogP contribution in [-0.2, 0) is 14.3 Å². The summed E-state index contributed by atoms with van der Waals surface area (Å²) in [5.41, 5.74) is 0. The number of nitrogens with one attached hydrogen (secondary N) is 1. The smallest absolute Gasteiger partial charge is 0.308 e. The Morgan fingerprint density at radius 3 is 2.62 bits per heavy atom. The Balaban J connectivity index is 2.32. The summed E-state index contributed by atoms with van der Waals surface area (Å²) in [6.45, 7) is 3.90. The van der Waals surface area contributed by atoms with Gasteiger partial charge < -0.3 is 15.2 Å². The fourth-order valence-electron chi connectivity index (χ4n) is 1.74. The normalized spacial score (nSPS) is 26.4. The van der Waals surface area contributed by atoms with Crippen LogP contribution in [0.5, 0.6) is 0 Å². The Morgan fingerprint density at radius 1 is 1.50 bits per heavy atom. The van der Waals surface area contributed by atoms with E-state index in [0.29, 0.717) is 6.42 Å². The number of carboxylic acids is 1. The average molecular weight is 229 g/mol. The number of amides is 1. The highest BCUT2D eigenvalue weighted by atomic mass is 16.5. The Labute approximate surface area is 95.2 Å². The number of carbonyl (C=O) groups is 2. The van der Waals surface area contributed by atoms with Gasteiger partial charge in [0, 0.05) is 6.54 Å². The number of rotatable bonds is 5. The Hall–Kier alpha value is -1.10. The Morgan fingerprint density at radius 2 is 2.19 bits per heavy atom. The minimum atomic E-state index is -0.872. The number of ether oxygens (including phenoxy) is 1. The topological polar surface area (TPSA) is 75.6 Å². The molecule has 0 aromatic rings. The molecular formula is C11H19NO4. The van der Waals surface area contributed by atoms with Crippen molar-refractivity contribution in [2.24, 2.45) is 5.92 Å². The minimum Gasteiger partial charge on any atom is -0.481 e. The third-order valence-corrected chi connectivity index (χ3v) is 2.89. The molecule has 3 unspecified atom stereocenters. The van der Waals surface area contributed by atoms with Gasteiger partial charge in [0.2, 0.25) is 5.91 Å². The zero-order valence-electron chi connectivity index (χ0n) is 9.73. The lowest BCUT2D eigenvalue weighted by Crippen LogP contribution is -2.39. The van der Waals surface area contributed by atoms with Crippen molar-refractivity contribution in [1.82, 2.24) is 5.32 Å². The van der Waals surface area contributed by atoms with Crippen LogP contribution in [0.1, 0.15) is 33.1 Å². The van der Waals surface area contributed by atoms with Gasteiger partial charge in [-0.1, -0.05) is 6.92 Å². The second-order valence-corrected chi connectivity index (χ2v) is 4.20. The third kappa shape index (κ3) is 3.48. The second-order valence-electron chi connectivity index (χ2n) is 4.20. The molecule has 1 rings (SSSR count). The molecule has 0 aliphatic carbocycles. The van der Waals surface area contributed by atoms with Gasteiger partial charge in [-0.25, -0.2) is 0 Å². The van der Waals surface area contributed by atoms with E-state index in [2.05, 4.69) is 5.32 Å². The minimum absolute atomic E-state index is 0.122. The van der Waals surface area contributed by atoms with Gasteiger partial charge in [0.15, 0.2) is 0 Å². The van der Waals surface area contributed by atoms with Crippen molar-refractivity contribution < 1.29 is 19.4 Å². The van der Waals surface area contributed by atoms with E-state index in [1.54, 1.807) is 6.92 Å². The lowest BCUT2D eigenvalue weighted by molar-refractivity contribution is -0.142. The van der Waals surface area contributed by atoms with Crippen molar-refractivity contribution in [3.8, 4) is 0 Å². The summed E-state index contributed by atoms with van der Waals surface area (Å²) >= 11 is 0. The molecule has 5 nitrogen and oxygen atoms in total. The van der Waals surface area contributed by atoms with E-state index >= 15 is 0 Å². The first-order valence-corrected chi connectivity index (χ1v) is 5.70. The predicted molar refractivity (Wildman–Crippen MR) is 58.0 cm³/mol. The molecule has 3 atom stereocenters. The molecule has 1 amide bonds. The van der Waals surface area contributed by atoms with Crippen molar-refractivity contribution in [2.75, 3.05) is 6.54 Å². The molecule has 0 saturated carbocycles. The Bertz CT molecular complexity index is 267. The summed E-state index contributed by atoms with van der Waals surface area (Å²) in [4.78, 5) is 22.3. The van der Waals surface area contributed by atoms with Crippen LogP contribution in [0.4, 0.5) is 0 Å². The third-order valence-electron chi connectivity index (χ3n) is 2.89. The van der Waals surface area contributed by atoms with Gasteiger partial charge in [-0.2, -0.15) is 0 Å². The van der Waals surface area contributed by atoms with Crippen LogP contribution in [0.25, 0.3) is 0 Å². The van der Waals surface area contributed by atoms with Crippen LogP contribution in [0, 0.1) is 5.92 Å². The van der Waals surface area contributed by atoms with Gasteiger partial charge in [-0.05, 0) is 26.2 Å². The highest BCUT2D eigenvalue weighted by Crippen LogP contribution is 2.19. The second kappa shape index (κ2) is 5.84. The van der Waals surface area contributed by atoms with Crippen molar-refractivity contribution in [3.63, 3.8) is 0 Å². The number of hydrogen-bond donors (Lipinski definition) is 2. The fourth-order valence-corrected chi connectivity index (χ4v) is 1.74. The number of carbonyl (C=O) groups excluding carboxylic acids is 1. The van der Waals surface area contributed by atoms with Crippen molar-refractivity contribution in [3.05, 3.63) is 0 Å². The van der Waals surface area contributed by atoms with Crippen LogP contribution < -0.4 is 5.32 Å². The van der Waals surface area contributed by atoms with Gasteiger partial charge in [0.05, 0.1) is 12.0 Å². The molecule has 0 spiro atoms. The van der Waals surface area contributed by atoms with E-state index < -0.39 is 18.0 Å². The zero-order chi connectivity index (χ0) is 12.1. The monoisotopic (exact) mass is 229 g/mol. The number of aliphatic carboxylic acids is 1. The number of carboxylic acid groups (broad SMARTS) is 1. The van der Waals surface area contributed by atoms with Gasteiger partial charge in [0.1, 0.15) is 6.10 Å². The standard InChI is InChI=1S/C11H19NO4/c1-3-8(11(14)15)6-12-10(13)9-5-4-7(2)16-9/h7-9H,3-6H2,1-2H3,(H,12,13)(H,14,15). The first-order chi connectivity index (χ1) is 7.54. The van der Waals surface area contributed by atoms with E-state index in [1.165, 1.54) is 0 Å². The van der Waals surface area contributed by atoms with Crippen LogP contribution in [0.15, 0.2) is 0 Å². The summed E-state index contributed by atoms with van der Waals surface area (Å²) in [7, 11) is 0. The first-order valence-electron chi connectivity index (χ1n) is 5.70. The van der Waals surface area contributed by atoms with E-state index in [9.17, 15) is 9.59 Å². The summed E-state index contributed by atoms with van der Waals surface area (Å²) in [5.74, 6) is -1.57. The van der Waals surface area contributed by atoms with Crippen LogP contribution in [-0.4, -0.2) is 35.7 Å². The van der Waals surface area contributed by atoms with Crippen molar-refractivity contribution in [1.29, 1.82) is 0 Å². The molecule has 16 heavy (non-hydrogen) atoms. The zero-order valence-corrected chi connectivity index (χ0v) is 9.73. The van der Waals surface area contributed by atoms with E-state index in [1.807, 2.05) is 6.92 Å². The summed E-state index contributed by atoms with van der Waals surface area (Å²) in [6, 6.07) is 0. The molecule has 5 heteroatoms. The van der Waals surface area contributed by atoms with Crippen LogP contribution in [0.2, 0.25) is 0 Å². The lowest BCUT2D eigenvalue weighted by Gasteiger charge is -2.14. The lowest BCUT2D eigenvalue weighted by atomic mass is 10.1. The molecule has 0 radical (unpaired) electrons. The van der Waals surface area contributed by atoms with Gasteiger partial charge >= 0.3 is 5.97 Å². The SMILES string of the molecule is CCC(CNC(=O)C1CCC(C)O1)C(=O)O. The molecule has 1 heterocycles. The highest BCUT2D eigenvalue weighted by Gasteiger charge is 2.28. The molecule has 92 valence electrons. The molecule has 1 saturated heterocycles. The maximum Gasteiger partial charge on any atom is 0.308 e. The molecule has 0 bridgehead atoms.